The molecule has 0 unspecified atom stereocenters. The largest absolute Gasteiger partial charge is 0.456 e. The first-order chi connectivity index (χ1) is 12.5. The third kappa shape index (κ3) is 3.93. The molecule has 0 saturated heterocycles. The van der Waals surface area contributed by atoms with Gasteiger partial charge in [-0.25, -0.2) is 9.78 Å². The van der Waals surface area contributed by atoms with Crippen molar-refractivity contribution in [2.75, 3.05) is 5.73 Å². The molecule has 2 N–H and O–H groups in total. The number of ether oxygens (including phenoxy) is 1. The van der Waals surface area contributed by atoms with E-state index in [2.05, 4.69) is 4.98 Å². The SMILES string of the molecule is Nc1c(Cl)c(Cl)nc(C(=O)OCc2ccc(-c3ccccc3)cc2)c1Cl. The zero-order valence-corrected chi connectivity index (χ0v) is 15.6. The number of pyridine rings is 1. The standard InChI is InChI=1S/C19H13Cl3N2O2/c20-14-16(23)15(21)18(22)24-17(14)19(25)26-10-11-6-8-13(9-7-11)12-4-2-1-3-5-12/h1-9H,10H2,(H2,23,24). The molecule has 0 fully saturated rings. The van der Waals surface area contributed by atoms with Crippen LogP contribution < -0.4 is 5.73 Å². The summed E-state index contributed by atoms with van der Waals surface area (Å²) in [7, 11) is 0. The maximum absolute atomic E-state index is 12.2. The fourth-order valence-corrected chi connectivity index (χ4v) is 2.89. The molecule has 3 rings (SSSR count). The second-order valence-corrected chi connectivity index (χ2v) is 6.55. The third-order valence-electron chi connectivity index (χ3n) is 3.70. The van der Waals surface area contributed by atoms with Crippen LogP contribution in [-0.2, 0) is 11.3 Å². The molecule has 0 aliphatic rings. The number of nitrogens with zero attached hydrogens (tertiary/aromatic N) is 1. The van der Waals surface area contributed by atoms with Crippen molar-refractivity contribution in [1.82, 2.24) is 4.98 Å². The van der Waals surface area contributed by atoms with Gasteiger partial charge in [-0.2, -0.15) is 0 Å². The molecule has 0 aliphatic carbocycles. The lowest BCUT2D eigenvalue weighted by molar-refractivity contribution is 0.0466. The second-order valence-electron chi connectivity index (χ2n) is 5.43. The number of carbonyl (C=O) groups is 1. The first kappa shape index (κ1) is 18.5. The van der Waals surface area contributed by atoms with Gasteiger partial charge in [-0.05, 0) is 16.7 Å². The number of anilines is 1. The Labute approximate surface area is 165 Å². The first-order valence-corrected chi connectivity index (χ1v) is 8.72. The fourth-order valence-electron chi connectivity index (χ4n) is 2.31. The smallest absolute Gasteiger partial charge is 0.358 e. The fraction of sp³-hybridized carbons (Fsp3) is 0.0526. The maximum Gasteiger partial charge on any atom is 0.358 e. The van der Waals surface area contributed by atoms with Crippen LogP contribution in [0.3, 0.4) is 0 Å². The van der Waals surface area contributed by atoms with E-state index >= 15 is 0 Å². The number of hydrogen-bond acceptors (Lipinski definition) is 4. The minimum atomic E-state index is -0.729. The van der Waals surface area contributed by atoms with E-state index in [-0.39, 0.29) is 33.2 Å². The van der Waals surface area contributed by atoms with E-state index in [0.29, 0.717) is 0 Å². The Balaban J connectivity index is 1.71. The van der Waals surface area contributed by atoms with Gasteiger partial charge in [0.25, 0.3) is 0 Å². The summed E-state index contributed by atoms with van der Waals surface area (Å²) in [6, 6.07) is 17.7. The lowest BCUT2D eigenvalue weighted by atomic mass is 10.0. The topological polar surface area (TPSA) is 65.2 Å². The molecule has 26 heavy (non-hydrogen) atoms. The quantitative estimate of drug-likeness (QED) is 0.448. The van der Waals surface area contributed by atoms with Crippen LogP contribution in [0.5, 0.6) is 0 Å². The molecule has 0 amide bonds. The van der Waals surface area contributed by atoms with Gasteiger partial charge in [0.2, 0.25) is 0 Å². The van der Waals surface area contributed by atoms with Crippen LogP contribution in [0.2, 0.25) is 15.2 Å². The minimum absolute atomic E-state index is 0.00437. The van der Waals surface area contributed by atoms with Crippen molar-refractivity contribution >= 4 is 46.5 Å². The summed E-state index contributed by atoms with van der Waals surface area (Å²) in [5.74, 6) is -0.729. The van der Waals surface area contributed by atoms with E-state index in [1.54, 1.807) is 0 Å². The zero-order chi connectivity index (χ0) is 18.7. The van der Waals surface area contributed by atoms with Gasteiger partial charge < -0.3 is 10.5 Å². The molecule has 0 atom stereocenters. The van der Waals surface area contributed by atoms with Crippen molar-refractivity contribution in [2.45, 2.75) is 6.61 Å². The van der Waals surface area contributed by atoms with Crippen LogP contribution >= 0.6 is 34.8 Å². The lowest BCUT2D eigenvalue weighted by Gasteiger charge is -2.10. The van der Waals surface area contributed by atoms with E-state index in [1.807, 2.05) is 54.6 Å². The van der Waals surface area contributed by atoms with Gasteiger partial charge in [0.05, 0.1) is 10.7 Å². The van der Waals surface area contributed by atoms with E-state index < -0.39 is 5.97 Å². The highest BCUT2D eigenvalue weighted by atomic mass is 35.5. The normalized spacial score (nSPS) is 10.6. The molecule has 3 aromatic rings. The average molecular weight is 408 g/mol. The number of esters is 1. The number of nitrogen functional groups attached to an aromatic ring is 1. The minimum Gasteiger partial charge on any atom is -0.456 e. The van der Waals surface area contributed by atoms with Gasteiger partial charge in [0, 0.05) is 0 Å². The van der Waals surface area contributed by atoms with E-state index in [9.17, 15) is 4.79 Å². The molecule has 0 radical (unpaired) electrons. The Bertz CT molecular complexity index is 945. The molecule has 4 nitrogen and oxygen atoms in total. The Morgan fingerprint density at radius 3 is 2.19 bits per heavy atom. The van der Waals surface area contributed by atoms with Gasteiger partial charge in [-0.15, -0.1) is 0 Å². The van der Waals surface area contributed by atoms with Crippen molar-refractivity contribution in [1.29, 1.82) is 0 Å². The van der Waals surface area contributed by atoms with Crippen LogP contribution in [0.15, 0.2) is 54.6 Å². The summed E-state index contributed by atoms with van der Waals surface area (Å²) < 4.78 is 5.25. The predicted molar refractivity (Wildman–Crippen MR) is 105 cm³/mol. The number of halogens is 3. The van der Waals surface area contributed by atoms with E-state index in [0.717, 1.165) is 16.7 Å². The number of benzene rings is 2. The van der Waals surface area contributed by atoms with Crippen molar-refractivity contribution in [3.8, 4) is 11.1 Å². The van der Waals surface area contributed by atoms with Gasteiger partial charge in [0.1, 0.15) is 11.6 Å². The number of nitrogens with two attached hydrogens (primary N) is 1. The van der Waals surface area contributed by atoms with Crippen LogP contribution in [0.4, 0.5) is 5.69 Å². The summed E-state index contributed by atoms with van der Waals surface area (Å²) in [4.78, 5) is 16.1. The molecule has 132 valence electrons. The predicted octanol–water partition coefficient (Wildman–Crippen LogP) is 5.65. The molecule has 0 saturated carbocycles. The monoisotopic (exact) mass is 406 g/mol. The number of rotatable bonds is 4. The van der Waals surface area contributed by atoms with Crippen molar-refractivity contribution < 1.29 is 9.53 Å². The number of carbonyl (C=O) groups excluding carboxylic acids is 1. The van der Waals surface area contributed by atoms with E-state index in [1.165, 1.54) is 0 Å². The third-order valence-corrected chi connectivity index (χ3v) is 4.83. The molecule has 1 heterocycles. The highest BCUT2D eigenvalue weighted by molar-refractivity contribution is 6.46. The van der Waals surface area contributed by atoms with Crippen molar-refractivity contribution in [3.05, 3.63) is 81.1 Å². The van der Waals surface area contributed by atoms with Crippen LogP contribution in [-0.4, -0.2) is 11.0 Å². The summed E-state index contributed by atoms with van der Waals surface area (Å²) in [6.07, 6.45) is 0. The molecular formula is C19H13Cl3N2O2. The highest BCUT2D eigenvalue weighted by Gasteiger charge is 2.21. The van der Waals surface area contributed by atoms with Gasteiger partial charge in [-0.1, -0.05) is 89.4 Å². The molecule has 0 bridgehead atoms. The van der Waals surface area contributed by atoms with Gasteiger partial charge >= 0.3 is 5.97 Å². The summed E-state index contributed by atoms with van der Waals surface area (Å²) in [6.45, 7) is 0.0616. The molecular weight excluding hydrogens is 395 g/mol. The van der Waals surface area contributed by atoms with Crippen molar-refractivity contribution in [2.24, 2.45) is 0 Å². The number of hydrogen-bond donors (Lipinski definition) is 1. The Kier molecular flexibility index (Phi) is 5.67. The summed E-state index contributed by atoms with van der Waals surface area (Å²) >= 11 is 17.7. The maximum atomic E-state index is 12.2. The molecule has 1 aromatic heterocycles. The lowest BCUT2D eigenvalue weighted by Crippen LogP contribution is -2.10. The Morgan fingerprint density at radius 2 is 1.54 bits per heavy atom. The van der Waals surface area contributed by atoms with E-state index in [4.69, 9.17) is 45.3 Å². The zero-order valence-electron chi connectivity index (χ0n) is 13.4. The van der Waals surface area contributed by atoms with Crippen molar-refractivity contribution in [3.63, 3.8) is 0 Å². The first-order valence-electron chi connectivity index (χ1n) is 7.59. The second kappa shape index (κ2) is 7.96. The number of aromatic nitrogens is 1. The molecule has 2 aromatic carbocycles. The van der Waals surface area contributed by atoms with Crippen LogP contribution in [0.25, 0.3) is 11.1 Å². The molecule has 0 aliphatic heterocycles. The summed E-state index contributed by atoms with van der Waals surface area (Å²) in [5, 5.41) is -0.179. The van der Waals surface area contributed by atoms with Crippen LogP contribution in [0, 0.1) is 0 Å². The Hall–Kier alpha value is -2.27. The molecule has 0 spiro atoms. The van der Waals surface area contributed by atoms with Crippen LogP contribution in [0.1, 0.15) is 16.1 Å². The van der Waals surface area contributed by atoms with Gasteiger partial charge in [0.15, 0.2) is 10.8 Å². The Morgan fingerprint density at radius 1 is 0.923 bits per heavy atom. The summed E-state index contributed by atoms with van der Waals surface area (Å²) in [5.41, 5.74) is 8.53. The average Bonchev–Trinajstić information content (AvgIpc) is 2.68. The molecule has 7 heteroatoms. The van der Waals surface area contributed by atoms with Gasteiger partial charge in [-0.3, -0.25) is 0 Å². The highest BCUT2D eigenvalue weighted by Crippen LogP contribution is 2.34.